The molecule has 6 heteroatoms. The molecule has 0 aliphatic heterocycles. The van der Waals surface area contributed by atoms with E-state index in [1.807, 2.05) is 7.05 Å². The van der Waals surface area contributed by atoms with Crippen LogP contribution in [0.5, 0.6) is 5.75 Å². The number of amides is 1. The zero-order valence-electron chi connectivity index (χ0n) is 11.5. The first kappa shape index (κ1) is 12.9. The van der Waals surface area contributed by atoms with Crippen molar-refractivity contribution >= 4 is 17.1 Å². The molecule has 0 spiro atoms. The number of aromatic nitrogens is 3. The van der Waals surface area contributed by atoms with Crippen LogP contribution in [0.1, 0.15) is 32.1 Å². The van der Waals surface area contributed by atoms with Crippen molar-refractivity contribution in [3.05, 3.63) is 18.2 Å². The molecular formula is C14H18N4O2. The largest absolute Gasteiger partial charge is 0.508 e. The molecule has 1 heterocycles. The van der Waals surface area contributed by atoms with Crippen molar-refractivity contribution in [3.63, 3.8) is 0 Å². The van der Waals surface area contributed by atoms with E-state index in [9.17, 15) is 9.90 Å². The normalized spacial score (nSPS) is 16.4. The molecule has 106 valence electrons. The minimum absolute atomic E-state index is 0.106. The predicted octanol–water partition coefficient (Wildman–Crippen LogP) is 2.37. The van der Waals surface area contributed by atoms with Crippen LogP contribution in [0, 0.1) is 0 Å². The Labute approximate surface area is 117 Å². The van der Waals surface area contributed by atoms with Crippen molar-refractivity contribution in [1.82, 2.24) is 19.9 Å². The van der Waals surface area contributed by atoms with Crippen LogP contribution in [0.3, 0.4) is 0 Å². The second kappa shape index (κ2) is 5.11. The van der Waals surface area contributed by atoms with Gasteiger partial charge in [-0.1, -0.05) is 24.5 Å². The maximum Gasteiger partial charge on any atom is 0.346 e. The Morgan fingerprint density at radius 3 is 2.85 bits per heavy atom. The van der Waals surface area contributed by atoms with Gasteiger partial charge in [-0.05, 0) is 25.0 Å². The highest BCUT2D eigenvalue weighted by Gasteiger charge is 2.24. The van der Waals surface area contributed by atoms with Gasteiger partial charge in [-0.25, -0.2) is 4.79 Å². The molecule has 1 aromatic heterocycles. The molecule has 1 N–H and O–H groups in total. The molecule has 1 aliphatic rings. The number of phenols is 1. The summed E-state index contributed by atoms with van der Waals surface area (Å²) in [6.45, 7) is 0. The topological polar surface area (TPSA) is 71.2 Å². The SMILES string of the molecule is CN(C(=O)n1nnc2ccc(O)cc21)C1CCCCC1. The lowest BCUT2D eigenvalue weighted by Crippen LogP contribution is -2.41. The van der Waals surface area contributed by atoms with E-state index in [4.69, 9.17) is 0 Å². The van der Waals surface area contributed by atoms with Crippen LogP contribution in [0.2, 0.25) is 0 Å². The number of nitrogens with zero attached hydrogens (tertiary/aromatic N) is 4. The van der Waals surface area contributed by atoms with Gasteiger partial charge in [0.15, 0.2) is 0 Å². The van der Waals surface area contributed by atoms with Crippen LogP contribution < -0.4 is 0 Å². The number of rotatable bonds is 1. The highest BCUT2D eigenvalue weighted by Crippen LogP contribution is 2.23. The summed E-state index contributed by atoms with van der Waals surface area (Å²) in [5.41, 5.74) is 1.14. The maximum absolute atomic E-state index is 12.5. The first-order chi connectivity index (χ1) is 9.66. The standard InChI is InChI=1S/C14H18N4O2/c1-17(10-5-3-2-4-6-10)14(20)18-13-9-11(19)7-8-12(13)15-16-18/h7-10,19H,2-6H2,1H3. The van der Waals surface area contributed by atoms with Gasteiger partial charge in [0.25, 0.3) is 0 Å². The van der Waals surface area contributed by atoms with Gasteiger partial charge in [0.1, 0.15) is 16.8 Å². The molecule has 0 atom stereocenters. The molecule has 1 fully saturated rings. The van der Waals surface area contributed by atoms with Crippen molar-refractivity contribution in [2.24, 2.45) is 0 Å². The van der Waals surface area contributed by atoms with Gasteiger partial charge in [0, 0.05) is 19.2 Å². The zero-order valence-corrected chi connectivity index (χ0v) is 11.5. The van der Waals surface area contributed by atoms with Gasteiger partial charge in [-0.3, -0.25) is 0 Å². The third kappa shape index (κ3) is 2.21. The molecule has 1 amide bonds. The van der Waals surface area contributed by atoms with E-state index in [0.29, 0.717) is 11.0 Å². The van der Waals surface area contributed by atoms with Crippen molar-refractivity contribution in [1.29, 1.82) is 0 Å². The Morgan fingerprint density at radius 2 is 2.10 bits per heavy atom. The van der Waals surface area contributed by atoms with Crippen LogP contribution in [0.15, 0.2) is 18.2 Å². The Morgan fingerprint density at radius 1 is 1.35 bits per heavy atom. The van der Waals surface area contributed by atoms with Crippen molar-refractivity contribution in [2.45, 2.75) is 38.1 Å². The van der Waals surface area contributed by atoms with Crippen molar-refractivity contribution in [2.75, 3.05) is 7.05 Å². The number of benzene rings is 1. The van der Waals surface area contributed by atoms with Crippen LogP contribution in [-0.4, -0.2) is 44.1 Å². The lowest BCUT2D eigenvalue weighted by atomic mass is 9.95. The molecule has 2 aromatic rings. The number of phenolic OH excluding ortho intramolecular Hbond substituents is 1. The van der Waals surface area contributed by atoms with E-state index in [2.05, 4.69) is 10.3 Å². The highest BCUT2D eigenvalue weighted by atomic mass is 16.3. The number of hydrogen-bond acceptors (Lipinski definition) is 4. The molecule has 1 saturated carbocycles. The minimum Gasteiger partial charge on any atom is -0.508 e. The molecule has 0 saturated heterocycles. The average Bonchev–Trinajstić information content (AvgIpc) is 2.89. The Balaban J connectivity index is 1.89. The van der Waals surface area contributed by atoms with Gasteiger partial charge in [0.05, 0.1) is 0 Å². The highest BCUT2D eigenvalue weighted by molar-refractivity contribution is 5.88. The quantitative estimate of drug-likeness (QED) is 0.866. The van der Waals surface area contributed by atoms with E-state index < -0.39 is 0 Å². The number of aromatic hydroxyl groups is 1. The maximum atomic E-state index is 12.5. The molecule has 3 rings (SSSR count). The first-order valence-electron chi connectivity index (χ1n) is 6.98. The molecule has 0 unspecified atom stereocenters. The summed E-state index contributed by atoms with van der Waals surface area (Å²) in [6, 6.07) is 4.79. The Hall–Kier alpha value is -2.11. The summed E-state index contributed by atoms with van der Waals surface area (Å²) < 4.78 is 1.27. The number of hydrogen-bond donors (Lipinski definition) is 1. The van der Waals surface area contributed by atoms with Crippen LogP contribution in [0.25, 0.3) is 11.0 Å². The van der Waals surface area contributed by atoms with Gasteiger partial charge in [-0.15, -0.1) is 5.10 Å². The summed E-state index contributed by atoms with van der Waals surface area (Å²) in [5, 5.41) is 17.4. The average molecular weight is 274 g/mol. The smallest absolute Gasteiger partial charge is 0.346 e. The molecule has 0 bridgehead atoms. The first-order valence-corrected chi connectivity index (χ1v) is 6.98. The monoisotopic (exact) mass is 274 g/mol. The zero-order chi connectivity index (χ0) is 14.1. The van der Waals surface area contributed by atoms with E-state index in [0.717, 1.165) is 12.8 Å². The van der Waals surface area contributed by atoms with Gasteiger partial charge < -0.3 is 10.0 Å². The summed E-state index contributed by atoms with van der Waals surface area (Å²) in [6.07, 6.45) is 5.67. The van der Waals surface area contributed by atoms with E-state index in [-0.39, 0.29) is 17.8 Å². The van der Waals surface area contributed by atoms with Crippen molar-refractivity contribution < 1.29 is 9.90 Å². The minimum atomic E-state index is -0.190. The fourth-order valence-corrected chi connectivity index (χ4v) is 2.82. The van der Waals surface area contributed by atoms with Crippen molar-refractivity contribution in [3.8, 4) is 5.75 Å². The number of carbonyl (C=O) groups excluding carboxylic acids is 1. The van der Waals surface area contributed by atoms with E-state index in [1.165, 1.54) is 36.1 Å². The molecule has 0 radical (unpaired) electrons. The summed E-state index contributed by atoms with van der Waals surface area (Å²) in [4.78, 5) is 14.3. The predicted molar refractivity (Wildman–Crippen MR) is 74.6 cm³/mol. The molecule has 1 aliphatic carbocycles. The molecule has 1 aromatic carbocycles. The summed E-state index contributed by atoms with van der Waals surface area (Å²) >= 11 is 0. The summed E-state index contributed by atoms with van der Waals surface area (Å²) in [7, 11) is 1.81. The third-order valence-corrected chi connectivity index (χ3v) is 4.03. The molecular weight excluding hydrogens is 256 g/mol. The fraction of sp³-hybridized carbons (Fsp3) is 0.500. The summed E-state index contributed by atoms with van der Waals surface area (Å²) in [5.74, 6) is 0.106. The van der Waals surface area contributed by atoms with Gasteiger partial charge in [0.2, 0.25) is 0 Å². The van der Waals surface area contributed by atoms with E-state index >= 15 is 0 Å². The lowest BCUT2D eigenvalue weighted by Gasteiger charge is -2.30. The van der Waals surface area contributed by atoms with Gasteiger partial charge >= 0.3 is 6.03 Å². The van der Waals surface area contributed by atoms with Gasteiger partial charge in [-0.2, -0.15) is 4.68 Å². The second-order valence-corrected chi connectivity index (χ2v) is 5.36. The number of fused-ring (bicyclic) bond motifs is 1. The fourth-order valence-electron chi connectivity index (χ4n) is 2.82. The lowest BCUT2D eigenvalue weighted by molar-refractivity contribution is 0.173. The van der Waals surface area contributed by atoms with Crippen LogP contribution >= 0.6 is 0 Å². The second-order valence-electron chi connectivity index (χ2n) is 5.36. The van der Waals surface area contributed by atoms with Crippen LogP contribution in [-0.2, 0) is 0 Å². The third-order valence-electron chi connectivity index (χ3n) is 4.03. The Bertz CT molecular complexity index is 631. The Kier molecular flexibility index (Phi) is 3.30. The number of carbonyl (C=O) groups is 1. The van der Waals surface area contributed by atoms with E-state index in [1.54, 1.807) is 11.0 Å². The molecule has 6 nitrogen and oxygen atoms in total. The molecule has 20 heavy (non-hydrogen) atoms. The van der Waals surface area contributed by atoms with Crippen LogP contribution in [0.4, 0.5) is 4.79 Å².